The monoisotopic (exact) mass is 329 g/mol. The van der Waals surface area contributed by atoms with Crippen LogP contribution in [0.25, 0.3) is 0 Å². The van der Waals surface area contributed by atoms with E-state index in [-0.39, 0.29) is 11.8 Å². The Labute approximate surface area is 139 Å². The van der Waals surface area contributed by atoms with Gasteiger partial charge in [-0.2, -0.15) is 0 Å². The Hall–Kier alpha value is -1.92. The van der Waals surface area contributed by atoms with Crippen molar-refractivity contribution >= 4 is 22.4 Å². The lowest BCUT2D eigenvalue weighted by Gasteiger charge is -2.24. The number of thiazole rings is 1. The van der Waals surface area contributed by atoms with Gasteiger partial charge >= 0.3 is 0 Å². The number of carbonyl (C=O) groups is 1. The molecule has 1 aromatic carbocycles. The summed E-state index contributed by atoms with van der Waals surface area (Å²) in [7, 11) is 2.11. The fourth-order valence-corrected chi connectivity index (χ4v) is 4.17. The number of anilines is 1. The SMILES string of the molecule is CN1CCc2nc(NC(=O)C3COc4ccccc4C3)sc2C1. The molecule has 23 heavy (non-hydrogen) atoms. The molecule has 0 fully saturated rings. The minimum atomic E-state index is -0.159. The van der Waals surface area contributed by atoms with Gasteiger partial charge in [0.15, 0.2) is 5.13 Å². The standard InChI is InChI=1S/C17H19N3O2S/c1-20-7-6-13-15(9-20)23-17(18-13)19-16(21)12-8-11-4-2-3-5-14(11)22-10-12/h2-5,12H,6-10H2,1H3,(H,18,19,21). The summed E-state index contributed by atoms with van der Waals surface area (Å²) in [5.74, 6) is 0.733. The lowest BCUT2D eigenvalue weighted by atomic mass is 9.96. The van der Waals surface area contributed by atoms with Gasteiger partial charge in [0.05, 0.1) is 11.6 Å². The molecule has 2 aliphatic rings. The average Bonchev–Trinajstić information content (AvgIpc) is 2.95. The van der Waals surface area contributed by atoms with E-state index in [0.29, 0.717) is 11.7 Å². The zero-order valence-electron chi connectivity index (χ0n) is 13.0. The van der Waals surface area contributed by atoms with Gasteiger partial charge in [-0.25, -0.2) is 4.98 Å². The summed E-state index contributed by atoms with van der Waals surface area (Å²) in [6.07, 6.45) is 1.67. The maximum absolute atomic E-state index is 12.5. The first-order valence-electron chi connectivity index (χ1n) is 7.88. The van der Waals surface area contributed by atoms with Crippen LogP contribution in [0.2, 0.25) is 0 Å². The molecule has 1 unspecified atom stereocenters. The molecule has 3 heterocycles. The molecule has 1 N–H and O–H groups in total. The zero-order valence-corrected chi connectivity index (χ0v) is 13.9. The van der Waals surface area contributed by atoms with Crippen molar-refractivity contribution in [2.45, 2.75) is 19.4 Å². The summed E-state index contributed by atoms with van der Waals surface area (Å²) in [6.45, 7) is 2.37. The molecule has 2 aliphatic heterocycles. The van der Waals surface area contributed by atoms with E-state index in [1.165, 1.54) is 4.88 Å². The van der Waals surface area contributed by atoms with E-state index in [0.717, 1.165) is 42.9 Å². The van der Waals surface area contributed by atoms with Gasteiger partial charge in [-0.15, -0.1) is 11.3 Å². The molecular weight excluding hydrogens is 310 g/mol. The topological polar surface area (TPSA) is 54.5 Å². The quantitative estimate of drug-likeness (QED) is 0.919. The predicted octanol–water partition coefficient (Wildman–Crippen LogP) is 2.32. The summed E-state index contributed by atoms with van der Waals surface area (Å²) in [4.78, 5) is 20.6. The molecule has 1 aromatic heterocycles. The van der Waals surface area contributed by atoms with E-state index < -0.39 is 0 Å². The van der Waals surface area contributed by atoms with Crippen molar-refractivity contribution in [1.29, 1.82) is 0 Å². The number of hydrogen-bond acceptors (Lipinski definition) is 5. The van der Waals surface area contributed by atoms with Gasteiger partial charge in [-0.1, -0.05) is 18.2 Å². The molecule has 0 bridgehead atoms. The smallest absolute Gasteiger partial charge is 0.233 e. The van der Waals surface area contributed by atoms with E-state index in [1.807, 2.05) is 24.3 Å². The van der Waals surface area contributed by atoms with Gasteiger partial charge in [0.1, 0.15) is 12.4 Å². The van der Waals surface area contributed by atoms with Crippen LogP contribution in [0, 0.1) is 5.92 Å². The van der Waals surface area contributed by atoms with Crippen molar-refractivity contribution < 1.29 is 9.53 Å². The molecule has 0 saturated carbocycles. The van der Waals surface area contributed by atoms with Gasteiger partial charge in [0, 0.05) is 24.4 Å². The van der Waals surface area contributed by atoms with Gasteiger partial charge in [-0.05, 0) is 25.1 Å². The highest BCUT2D eigenvalue weighted by Crippen LogP contribution is 2.30. The third-order valence-corrected chi connectivity index (χ3v) is 5.40. The number of aromatic nitrogens is 1. The molecular formula is C17H19N3O2S. The first-order valence-corrected chi connectivity index (χ1v) is 8.69. The maximum atomic E-state index is 12.5. The minimum Gasteiger partial charge on any atom is -0.492 e. The van der Waals surface area contributed by atoms with Crippen molar-refractivity contribution in [1.82, 2.24) is 9.88 Å². The number of nitrogens with one attached hydrogen (secondary N) is 1. The number of nitrogens with zero attached hydrogens (tertiary/aromatic N) is 2. The second-order valence-electron chi connectivity index (χ2n) is 6.19. The fraction of sp³-hybridized carbons (Fsp3) is 0.412. The molecule has 6 heteroatoms. The second kappa shape index (κ2) is 5.94. The van der Waals surface area contributed by atoms with E-state index in [2.05, 4.69) is 22.2 Å². The van der Waals surface area contributed by atoms with Gasteiger partial charge in [0.25, 0.3) is 0 Å². The van der Waals surface area contributed by atoms with Crippen LogP contribution in [0.5, 0.6) is 5.75 Å². The average molecular weight is 329 g/mol. The number of amides is 1. The van der Waals surface area contributed by atoms with E-state index >= 15 is 0 Å². The van der Waals surface area contributed by atoms with Crippen molar-refractivity contribution in [2.75, 3.05) is 25.5 Å². The number of likely N-dealkylation sites (N-methyl/N-ethyl adjacent to an activating group) is 1. The second-order valence-corrected chi connectivity index (χ2v) is 7.27. The highest BCUT2D eigenvalue weighted by molar-refractivity contribution is 7.15. The molecule has 2 aromatic rings. The molecule has 5 nitrogen and oxygen atoms in total. The van der Waals surface area contributed by atoms with Gasteiger partial charge in [0.2, 0.25) is 5.91 Å². The fourth-order valence-electron chi connectivity index (χ4n) is 3.08. The summed E-state index contributed by atoms with van der Waals surface area (Å²) in [5.41, 5.74) is 2.23. The highest BCUT2D eigenvalue weighted by atomic mass is 32.1. The molecule has 120 valence electrons. The molecule has 0 spiro atoms. The number of hydrogen-bond donors (Lipinski definition) is 1. The van der Waals surface area contributed by atoms with Crippen LogP contribution in [0.4, 0.5) is 5.13 Å². The van der Waals surface area contributed by atoms with Crippen LogP contribution >= 0.6 is 11.3 Å². The molecule has 0 aliphatic carbocycles. The van der Waals surface area contributed by atoms with E-state index in [4.69, 9.17) is 4.74 Å². The van der Waals surface area contributed by atoms with Crippen LogP contribution in [0.15, 0.2) is 24.3 Å². The lowest BCUT2D eigenvalue weighted by molar-refractivity contribution is -0.121. The number of rotatable bonds is 2. The van der Waals surface area contributed by atoms with Crippen molar-refractivity contribution in [3.05, 3.63) is 40.4 Å². The Morgan fingerprint density at radius 3 is 3.22 bits per heavy atom. The third-order valence-electron chi connectivity index (χ3n) is 4.40. The Balaban J connectivity index is 1.45. The summed E-state index contributed by atoms with van der Waals surface area (Å²) < 4.78 is 5.71. The summed E-state index contributed by atoms with van der Waals surface area (Å²) >= 11 is 1.59. The molecule has 4 rings (SSSR count). The number of para-hydroxylation sites is 1. The molecule has 1 atom stereocenters. The number of fused-ring (bicyclic) bond motifs is 2. The molecule has 1 amide bonds. The van der Waals surface area contributed by atoms with Crippen molar-refractivity contribution in [3.63, 3.8) is 0 Å². The number of benzene rings is 1. The van der Waals surface area contributed by atoms with E-state index in [1.54, 1.807) is 11.3 Å². The zero-order chi connectivity index (χ0) is 15.8. The molecule has 0 saturated heterocycles. The summed E-state index contributed by atoms with van der Waals surface area (Å²) in [5, 5.41) is 3.70. The first kappa shape index (κ1) is 14.7. The van der Waals surface area contributed by atoms with Crippen LogP contribution in [0.3, 0.4) is 0 Å². The molecule has 0 radical (unpaired) electrons. The lowest BCUT2D eigenvalue weighted by Crippen LogP contribution is -2.32. The Kier molecular flexibility index (Phi) is 3.79. The van der Waals surface area contributed by atoms with Crippen LogP contribution in [0.1, 0.15) is 16.1 Å². The van der Waals surface area contributed by atoms with Crippen LogP contribution in [-0.2, 0) is 24.2 Å². The largest absolute Gasteiger partial charge is 0.492 e. The van der Waals surface area contributed by atoms with Gasteiger partial charge in [-0.3, -0.25) is 4.79 Å². The Morgan fingerprint density at radius 1 is 1.43 bits per heavy atom. The van der Waals surface area contributed by atoms with Gasteiger partial charge < -0.3 is 15.0 Å². The highest BCUT2D eigenvalue weighted by Gasteiger charge is 2.27. The van der Waals surface area contributed by atoms with E-state index in [9.17, 15) is 4.79 Å². The Bertz CT molecular complexity index is 743. The van der Waals surface area contributed by atoms with Crippen molar-refractivity contribution in [3.8, 4) is 5.75 Å². The number of carbonyl (C=O) groups excluding carboxylic acids is 1. The summed E-state index contributed by atoms with van der Waals surface area (Å²) in [6, 6.07) is 7.91. The predicted molar refractivity (Wildman–Crippen MR) is 89.9 cm³/mol. The van der Waals surface area contributed by atoms with Crippen molar-refractivity contribution in [2.24, 2.45) is 5.92 Å². The minimum absolute atomic E-state index is 0.000968. The maximum Gasteiger partial charge on any atom is 0.233 e. The van der Waals surface area contributed by atoms with Crippen LogP contribution < -0.4 is 10.1 Å². The third kappa shape index (κ3) is 2.96. The number of ether oxygens (including phenoxy) is 1. The van der Waals surface area contributed by atoms with Crippen LogP contribution in [-0.4, -0.2) is 36.0 Å². The Morgan fingerprint density at radius 2 is 2.30 bits per heavy atom. The first-order chi connectivity index (χ1) is 11.2. The normalized spacial score (nSPS) is 20.3.